The molecule has 5 nitrogen and oxygen atoms in total. The van der Waals surface area contributed by atoms with E-state index in [2.05, 4.69) is 51.7 Å². The molecule has 3 aromatic rings. The van der Waals surface area contributed by atoms with Crippen molar-refractivity contribution in [2.24, 2.45) is 0 Å². The number of nitrogens with zero attached hydrogens (tertiary/aromatic N) is 3. The summed E-state index contributed by atoms with van der Waals surface area (Å²) in [5.41, 5.74) is 5.66. The van der Waals surface area contributed by atoms with Gasteiger partial charge in [0.15, 0.2) is 11.6 Å². The lowest BCUT2D eigenvalue weighted by Crippen LogP contribution is -2.41. The number of aromatic nitrogens is 2. The lowest BCUT2D eigenvalue weighted by molar-refractivity contribution is 0.130. The predicted octanol–water partition coefficient (Wildman–Crippen LogP) is 4.39. The van der Waals surface area contributed by atoms with Gasteiger partial charge in [0, 0.05) is 32.1 Å². The Morgan fingerprint density at radius 2 is 1.89 bits per heavy atom. The Labute approximate surface area is 164 Å². The van der Waals surface area contributed by atoms with Crippen LogP contribution >= 0.6 is 0 Å². The molecule has 1 aliphatic carbocycles. The van der Waals surface area contributed by atoms with E-state index in [1.807, 2.05) is 6.07 Å². The Balaban J connectivity index is 1.32. The molecule has 0 radical (unpaired) electrons. The summed E-state index contributed by atoms with van der Waals surface area (Å²) in [7, 11) is 0. The molecular formula is C23H24N4O. The van der Waals surface area contributed by atoms with E-state index in [9.17, 15) is 0 Å². The number of anilines is 1. The van der Waals surface area contributed by atoms with Crippen molar-refractivity contribution in [3.63, 3.8) is 0 Å². The van der Waals surface area contributed by atoms with Crippen LogP contribution in [0.3, 0.4) is 0 Å². The van der Waals surface area contributed by atoms with Crippen LogP contribution in [0.5, 0.6) is 5.75 Å². The monoisotopic (exact) mass is 372 g/mol. The molecule has 142 valence electrons. The second kappa shape index (κ2) is 6.11. The van der Waals surface area contributed by atoms with E-state index in [0.717, 1.165) is 54.6 Å². The van der Waals surface area contributed by atoms with Gasteiger partial charge in [-0.2, -0.15) is 0 Å². The first-order valence-electron chi connectivity index (χ1n) is 10.3. The third kappa shape index (κ3) is 2.53. The first kappa shape index (κ1) is 16.2. The second-order valence-corrected chi connectivity index (χ2v) is 8.12. The van der Waals surface area contributed by atoms with Gasteiger partial charge in [-0.15, -0.1) is 0 Å². The van der Waals surface area contributed by atoms with Crippen LogP contribution in [-0.4, -0.2) is 33.6 Å². The first-order chi connectivity index (χ1) is 13.7. The molecule has 0 bridgehead atoms. The molecule has 1 N–H and O–H groups in total. The summed E-state index contributed by atoms with van der Waals surface area (Å²) in [6.45, 7) is 7.16. The molecule has 0 atom stereocenters. The van der Waals surface area contributed by atoms with E-state index in [1.54, 1.807) is 0 Å². The molecule has 5 heteroatoms. The highest BCUT2D eigenvalue weighted by molar-refractivity contribution is 5.84. The fourth-order valence-electron chi connectivity index (χ4n) is 4.71. The van der Waals surface area contributed by atoms with Crippen molar-refractivity contribution >= 4 is 16.7 Å². The quantitative estimate of drug-likeness (QED) is 0.724. The fourth-order valence-corrected chi connectivity index (χ4v) is 4.71. The summed E-state index contributed by atoms with van der Waals surface area (Å²) in [4.78, 5) is 7.68. The summed E-state index contributed by atoms with van der Waals surface area (Å²) < 4.78 is 7.98. The molecular weight excluding hydrogens is 348 g/mol. The lowest BCUT2D eigenvalue weighted by atomic mass is 9.91. The normalized spacial score (nSPS) is 19.5. The van der Waals surface area contributed by atoms with E-state index < -0.39 is 0 Å². The van der Waals surface area contributed by atoms with E-state index in [4.69, 9.17) is 9.72 Å². The van der Waals surface area contributed by atoms with Gasteiger partial charge in [0.05, 0.1) is 16.7 Å². The molecule has 0 amide bonds. The molecule has 2 aromatic carbocycles. The maximum atomic E-state index is 5.55. The largest absolute Gasteiger partial charge is 0.440 e. The number of rotatable bonds is 2. The van der Waals surface area contributed by atoms with Crippen molar-refractivity contribution in [2.45, 2.75) is 38.3 Å². The molecule has 1 fully saturated rings. The Kier molecular flexibility index (Phi) is 3.53. The molecule has 3 aliphatic rings. The average molecular weight is 372 g/mol. The third-order valence-corrected chi connectivity index (χ3v) is 6.47. The van der Waals surface area contributed by atoms with Crippen molar-refractivity contribution in [3.05, 3.63) is 54.7 Å². The Morgan fingerprint density at radius 3 is 2.75 bits per heavy atom. The molecule has 1 aromatic heterocycles. The van der Waals surface area contributed by atoms with Crippen LogP contribution in [0.25, 0.3) is 22.2 Å². The van der Waals surface area contributed by atoms with Crippen LogP contribution in [-0.2, 0) is 13.0 Å². The van der Waals surface area contributed by atoms with Crippen LogP contribution in [0, 0.1) is 0 Å². The Hall–Kier alpha value is -2.79. The zero-order chi connectivity index (χ0) is 18.7. The topological polar surface area (TPSA) is 42.3 Å². The van der Waals surface area contributed by atoms with Gasteiger partial charge in [-0.1, -0.05) is 18.6 Å². The standard InChI is InChI=1S/C23H24N4O/c1-15-24-20-14-17(6-8-22(20)28-15)16-5-7-21-19(13-16)25-23-9-10-26(11-12-27(21)23)18-3-2-4-18/h5-8,13-14,18,24H,1-4,9-12H2. The van der Waals surface area contributed by atoms with Crippen LogP contribution in [0.2, 0.25) is 0 Å². The molecule has 6 rings (SSSR count). The maximum Gasteiger partial charge on any atom is 0.190 e. The van der Waals surface area contributed by atoms with Gasteiger partial charge in [0.25, 0.3) is 0 Å². The van der Waals surface area contributed by atoms with Crippen molar-refractivity contribution < 1.29 is 4.74 Å². The molecule has 2 aliphatic heterocycles. The molecule has 0 saturated heterocycles. The van der Waals surface area contributed by atoms with Crippen molar-refractivity contribution in [3.8, 4) is 16.9 Å². The molecule has 3 heterocycles. The Bertz CT molecular complexity index is 1100. The summed E-state index contributed by atoms with van der Waals surface area (Å²) in [6, 6.07) is 13.7. The number of fused-ring (bicyclic) bond motifs is 4. The van der Waals surface area contributed by atoms with E-state index in [0.29, 0.717) is 5.88 Å². The predicted molar refractivity (Wildman–Crippen MR) is 111 cm³/mol. The molecule has 0 unspecified atom stereocenters. The number of benzene rings is 2. The van der Waals surface area contributed by atoms with Gasteiger partial charge in [-0.25, -0.2) is 4.98 Å². The summed E-state index contributed by atoms with van der Waals surface area (Å²) in [6.07, 6.45) is 5.19. The SMILES string of the molecule is C=C1Nc2cc(-c3ccc4c(c3)nc3n4CCN(C4CCC4)CC3)ccc2O1. The number of ether oxygens (including phenoxy) is 1. The van der Waals surface area contributed by atoms with Crippen LogP contribution in [0.4, 0.5) is 5.69 Å². The van der Waals surface area contributed by atoms with Crippen LogP contribution in [0.15, 0.2) is 48.9 Å². The first-order valence-corrected chi connectivity index (χ1v) is 10.3. The second-order valence-electron chi connectivity index (χ2n) is 8.12. The van der Waals surface area contributed by atoms with Gasteiger partial charge >= 0.3 is 0 Å². The third-order valence-electron chi connectivity index (χ3n) is 6.47. The minimum absolute atomic E-state index is 0.580. The number of hydrogen-bond acceptors (Lipinski definition) is 4. The highest BCUT2D eigenvalue weighted by Gasteiger charge is 2.27. The van der Waals surface area contributed by atoms with E-state index in [-0.39, 0.29) is 0 Å². The van der Waals surface area contributed by atoms with Gasteiger partial charge in [-0.05, 0) is 54.8 Å². The molecule has 0 spiro atoms. The van der Waals surface area contributed by atoms with Gasteiger partial charge < -0.3 is 14.6 Å². The number of imidazole rings is 1. The Morgan fingerprint density at radius 1 is 1.04 bits per heavy atom. The maximum absolute atomic E-state index is 5.55. The van der Waals surface area contributed by atoms with Gasteiger partial charge in [-0.3, -0.25) is 4.90 Å². The smallest absolute Gasteiger partial charge is 0.190 e. The minimum atomic E-state index is 0.580. The van der Waals surface area contributed by atoms with Crippen molar-refractivity contribution in [2.75, 3.05) is 18.4 Å². The van der Waals surface area contributed by atoms with Crippen molar-refractivity contribution in [1.29, 1.82) is 0 Å². The van der Waals surface area contributed by atoms with E-state index in [1.165, 1.54) is 36.2 Å². The lowest BCUT2D eigenvalue weighted by Gasteiger charge is -2.36. The molecule has 1 saturated carbocycles. The van der Waals surface area contributed by atoms with Crippen molar-refractivity contribution in [1.82, 2.24) is 14.5 Å². The van der Waals surface area contributed by atoms with Gasteiger partial charge in [0.1, 0.15) is 5.82 Å². The van der Waals surface area contributed by atoms with Gasteiger partial charge in [0.2, 0.25) is 0 Å². The average Bonchev–Trinajstić information content (AvgIpc) is 3.13. The fraction of sp³-hybridized carbons (Fsp3) is 0.348. The number of hydrogen-bond donors (Lipinski definition) is 1. The number of nitrogens with one attached hydrogen (secondary N) is 1. The summed E-state index contributed by atoms with van der Waals surface area (Å²) >= 11 is 0. The summed E-state index contributed by atoms with van der Waals surface area (Å²) in [5.74, 6) is 2.64. The minimum Gasteiger partial charge on any atom is -0.440 e. The highest BCUT2D eigenvalue weighted by Crippen LogP contribution is 2.37. The summed E-state index contributed by atoms with van der Waals surface area (Å²) in [5, 5.41) is 3.17. The highest BCUT2D eigenvalue weighted by atomic mass is 16.5. The zero-order valence-electron chi connectivity index (χ0n) is 15.9. The van der Waals surface area contributed by atoms with Crippen LogP contribution in [0.1, 0.15) is 25.1 Å². The molecule has 28 heavy (non-hydrogen) atoms. The zero-order valence-corrected chi connectivity index (χ0v) is 15.9. The van der Waals surface area contributed by atoms with E-state index >= 15 is 0 Å². The van der Waals surface area contributed by atoms with Crippen LogP contribution < -0.4 is 10.1 Å².